The van der Waals surface area contributed by atoms with Crippen molar-refractivity contribution in [3.05, 3.63) is 71.8 Å². The van der Waals surface area contributed by atoms with Crippen LogP contribution in [-0.2, 0) is 11.2 Å². The van der Waals surface area contributed by atoms with Gasteiger partial charge in [0.2, 0.25) is 0 Å². The first-order valence-corrected chi connectivity index (χ1v) is 8.19. The van der Waals surface area contributed by atoms with Crippen LogP contribution in [0.4, 0.5) is 0 Å². The fourth-order valence-electron chi connectivity index (χ4n) is 2.64. The van der Waals surface area contributed by atoms with E-state index in [4.69, 9.17) is 4.74 Å². The van der Waals surface area contributed by atoms with Crippen LogP contribution < -0.4 is 5.32 Å². The zero-order valence-corrected chi connectivity index (χ0v) is 13.7. The van der Waals surface area contributed by atoms with Gasteiger partial charge in [0.15, 0.2) is 0 Å². The van der Waals surface area contributed by atoms with E-state index in [0.717, 1.165) is 26.2 Å². The van der Waals surface area contributed by atoms with Gasteiger partial charge in [-0.05, 0) is 31.4 Å². The van der Waals surface area contributed by atoms with Crippen LogP contribution in [0.25, 0.3) is 0 Å². The van der Waals surface area contributed by atoms with Gasteiger partial charge in [-0.25, -0.2) is 0 Å². The van der Waals surface area contributed by atoms with Gasteiger partial charge in [-0.3, -0.25) is 0 Å². The molecule has 0 bridgehead atoms. The summed E-state index contributed by atoms with van der Waals surface area (Å²) in [6.07, 6.45) is 1.05. The highest BCUT2D eigenvalue weighted by atomic mass is 16.5. The van der Waals surface area contributed by atoms with Crippen molar-refractivity contribution in [2.45, 2.75) is 32.2 Å². The fraction of sp³-hybridized carbons (Fsp3) is 0.400. The lowest BCUT2D eigenvalue weighted by Gasteiger charge is -2.21. The number of rotatable bonds is 9. The summed E-state index contributed by atoms with van der Waals surface area (Å²) in [5.74, 6) is 0.402. The maximum absolute atomic E-state index is 5.66. The molecule has 0 aliphatic heterocycles. The van der Waals surface area contributed by atoms with Crippen molar-refractivity contribution in [1.82, 2.24) is 5.32 Å². The van der Waals surface area contributed by atoms with Crippen LogP contribution in [0, 0.1) is 0 Å². The molecule has 0 heterocycles. The molecule has 118 valence electrons. The predicted octanol–water partition coefficient (Wildman–Crippen LogP) is 4.03. The summed E-state index contributed by atoms with van der Waals surface area (Å²) in [5.41, 5.74) is 2.72. The van der Waals surface area contributed by atoms with Crippen molar-refractivity contribution < 1.29 is 4.74 Å². The molecule has 1 N–H and O–H groups in total. The minimum absolute atomic E-state index is 0.402. The standard InChI is InChI=1S/C20H27NO/c1-3-22-16-20(19-12-8-5-9-13-19)15-21-17(2)14-18-10-6-4-7-11-18/h4-13,17,20-21H,3,14-16H2,1-2H3. The van der Waals surface area contributed by atoms with Crippen LogP contribution in [0.3, 0.4) is 0 Å². The summed E-state index contributed by atoms with van der Waals surface area (Å²) in [6.45, 7) is 6.77. The van der Waals surface area contributed by atoms with E-state index in [1.165, 1.54) is 11.1 Å². The molecule has 0 radical (unpaired) electrons. The summed E-state index contributed by atoms with van der Waals surface area (Å²) in [7, 11) is 0. The van der Waals surface area contributed by atoms with Crippen molar-refractivity contribution in [3.8, 4) is 0 Å². The van der Waals surface area contributed by atoms with Gasteiger partial charge in [0, 0.05) is 25.1 Å². The van der Waals surface area contributed by atoms with Gasteiger partial charge < -0.3 is 10.1 Å². The first-order valence-electron chi connectivity index (χ1n) is 8.19. The third-order valence-electron chi connectivity index (χ3n) is 3.89. The number of nitrogens with one attached hydrogen (secondary N) is 1. The topological polar surface area (TPSA) is 21.3 Å². The van der Waals surface area contributed by atoms with Crippen molar-refractivity contribution in [2.75, 3.05) is 19.8 Å². The molecule has 0 aromatic heterocycles. The van der Waals surface area contributed by atoms with Gasteiger partial charge in [-0.1, -0.05) is 60.7 Å². The van der Waals surface area contributed by atoms with E-state index in [1.807, 2.05) is 6.92 Å². The Balaban J connectivity index is 1.87. The largest absolute Gasteiger partial charge is 0.381 e. The monoisotopic (exact) mass is 297 g/mol. The second kappa shape index (κ2) is 9.39. The Labute approximate surface area is 134 Å². The number of ether oxygens (including phenoxy) is 1. The van der Waals surface area contributed by atoms with E-state index >= 15 is 0 Å². The van der Waals surface area contributed by atoms with Gasteiger partial charge in [-0.15, -0.1) is 0 Å². The maximum atomic E-state index is 5.66. The lowest BCUT2D eigenvalue weighted by Crippen LogP contribution is -2.33. The Kier molecular flexibility index (Phi) is 7.14. The molecule has 2 aromatic rings. The number of hydrogen-bond donors (Lipinski definition) is 1. The Bertz CT molecular complexity index is 512. The first-order chi connectivity index (χ1) is 10.8. The molecular weight excluding hydrogens is 270 g/mol. The first kappa shape index (κ1) is 16.7. The zero-order valence-electron chi connectivity index (χ0n) is 13.7. The van der Waals surface area contributed by atoms with Gasteiger partial charge in [-0.2, -0.15) is 0 Å². The second-order valence-corrected chi connectivity index (χ2v) is 5.77. The third-order valence-corrected chi connectivity index (χ3v) is 3.89. The molecule has 2 rings (SSSR count). The molecule has 2 atom stereocenters. The molecule has 0 aliphatic rings. The highest BCUT2D eigenvalue weighted by molar-refractivity contribution is 5.20. The van der Waals surface area contributed by atoms with E-state index in [2.05, 4.69) is 72.9 Å². The minimum Gasteiger partial charge on any atom is -0.381 e. The van der Waals surface area contributed by atoms with Crippen LogP contribution in [0.5, 0.6) is 0 Å². The smallest absolute Gasteiger partial charge is 0.0546 e. The molecule has 0 saturated heterocycles. The Morgan fingerprint density at radius 1 is 0.955 bits per heavy atom. The Morgan fingerprint density at radius 2 is 1.59 bits per heavy atom. The van der Waals surface area contributed by atoms with Crippen LogP contribution >= 0.6 is 0 Å². The van der Waals surface area contributed by atoms with E-state index in [9.17, 15) is 0 Å². The van der Waals surface area contributed by atoms with Crippen LogP contribution in [0.15, 0.2) is 60.7 Å². The lowest BCUT2D eigenvalue weighted by atomic mass is 9.99. The molecule has 2 nitrogen and oxygen atoms in total. The molecule has 0 saturated carbocycles. The summed E-state index contributed by atoms with van der Waals surface area (Å²) >= 11 is 0. The highest BCUT2D eigenvalue weighted by Crippen LogP contribution is 2.15. The SMILES string of the molecule is CCOCC(CNC(C)Cc1ccccc1)c1ccccc1. The molecular formula is C20H27NO. The van der Waals surface area contributed by atoms with E-state index in [-0.39, 0.29) is 0 Å². The summed E-state index contributed by atoms with van der Waals surface area (Å²) in [6, 6.07) is 21.7. The maximum Gasteiger partial charge on any atom is 0.0546 e. The fourth-order valence-corrected chi connectivity index (χ4v) is 2.64. The summed E-state index contributed by atoms with van der Waals surface area (Å²) in [5, 5.41) is 3.66. The van der Waals surface area contributed by atoms with Gasteiger partial charge >= 0.3 is 0 Å². The molecule has 2 heteroatoms. The summed E-state index contributed by atoms with van der Waals surface area (Å²) in [4.78, 5) is 0. The second-order valence-electron chi connectivity index (χ2n) is 5.77. The number of hydrogen-bond acceptors (Lipinski definition) is 2. The van der Waals surface area contributed by atoms with Gasteiger partial charge in [0.1, 0.15) is 0 Å². The van der Waals surface area contributed by atoms with Crippen LogP contribution in [0.1, 0.15) is 30.9 Å². The molecule has 2 aromatic carbocycles. The van der Waals surface area contributed by atoms with Gasteiger partial charge in [0.05, 0.1) is 6.61 Å². The third kappa shape index (κ3) is 5.63. The number of benzene rings is 2. The normalized spacial score (nSPS) is 13.7. The minimum atomic E-state index is 0.402. The van der Waals surface area contributed by atoms with Crippen molar-refractivity contribution in [1.29, 1.82) is 0 Å². The molecule has 0 spiro atoms. The lowest BCUT2D eigenvalue weighted by molar-refractivity contribution is 0.130. The van der Waals surface area contributed by atoms with E-state index in [1.54, 1.807) is 0 Å². The van der Waals surface area contributed by atoms with Crippen molar-refractivity contribution in [3.63, 3.8) is 0 Å². The molecule has 0 fully saturated rings. The predicted molar refractivity (Wildman–Crippen MR) is 93.3 cm³/mol. The summed E-state index contributed by atoms with van der Waals surface area (Å²) < 4.78 is 5.66. The molecule has 22 heavy (non-hydrogen) atoms. The Morgan fingerprint density at radius 3 is 2.23 bits per heavy atom. The van der Waals surface area contributed by atoms with Gasteiger partial charge in [0.25, 0.3) is 0 Å². The van der Waals surface area contributed by atoms with E-state index < -0.39 is 0 Å². The zero-order chi connectivity index (χ0) is 15.6. The molecule has 0 amide bonds. The molecule has 2 unspecified atom stereocenters. The van der Waals surface area contributed by atoms with Crippen molar-refractivity contribution >= 4 is 0 Å². The Hall–Kier alpha value is -1.64. The van der Waals surface area contributed by atoms with E-state index in [0.29, 0.717) is 12.0 Å². The average Bonchev–Trinajstić information content (AvgIpc) is 2.57. The average molecular weight is 297 g/mol. The highest BCUT2D eigenvalue weighted by Gasteiger charge is 2.13. The molecule has 0 aliphatic carbocycles. The quantitative estimate of drug-likeness (QED) is 0.754. The van der Waals surface area contributed by atoms with Crippen LogP contribution in [-0.4, -0.2) is 25.8 Å². The van der Waals surface area contributed by atoms with Crippen molar-refractivity contribution in [2.24, 2.45) is 0 Å². The van der Waals surface area contributed by atoms with Crippen LogP contribution in [0.2, 0.25) is 0 Å².